The molecule has 3 aromatic rings. The lowest BCUT2D eigenvalue weighted by atomic mass is 9.84. The van der Waals surface area contributed by atoms with Crippen LogP contribution in [0.3, 0.4) is 0 Å². The smallest absolute Gasteiger partial charge is 0.360 e. The van der Waals surface area contributed by atoms with Crippen molar-refractivity contribution in [3.05, 3.63) is 95.2 Å². The molecule has 1 heterocycles. The van der Waals surface area contributed by atoms with Gasteiger partial charge in [0.05, 0.1) is 0 Å². The zero-order valence-electron chi connectivity index (χ0n) is 18.2. The van der Waals surface area contributed by atoms with Gasteiger partial charge in [0.25, 0.3) is 0 Å². The van der Waals surface area contributed by atoms with Gasteiger partial charge in [-0.05, 0) is 68.7 Å². The highest BCUT2D eigenvalue weighted by molar-refractivity contribution is 6.31. The van der Waals surface area contributed by atoms with Crippen molar-refractivity contribution in [1.82, 2.24) is 4.98 Å². The van der Waals surface area contributed by atoms with Crippen LogP contribution < -0.4 is 4.74 Å². The van der Waals surface area contributed by atoms with Crippen LogP contribution in [-0.4, -0.2) is 11.0 Å². The maximum absolute atomic E-state index is 12.5. The molecule has 0 aliphatic heterocycles. The lowest BCUT2D eigenvalue weighted by molar-refractivity contribution is 0.0729. The first-order chi connectivity index (χ1) is 14.8. The highest BCUT2D eigenvalue weighted by Crippen LogP contribution is 2.28. The van der Waals surface area contributed by atoms with Crippen LogP contribution in [0.4, 0.5) is 0 Å². The van der Waals surface area contributed by atoms with Gasteiger partial charge in [0.2, 0.25) is 0 Å². The SMILES string of the molecule is C=C[C@@](C)(/C=C/c1ccc(OC(=O)c2cc3cc(Cl)ccc3[nH]2)cc1)CCC=C(C)C. The highest BCUT2D eigenvalue weighted by Gasteiger charge is 2.15. The number of rotatable bonds is 8. The predicted molar refractivity (Wildman–Crippen MR) is 131 cm³/mol. The van der Waals surface area contributed by atoms with E-state index in [1.165, 1.54) is 5.57 Å². The molecule has 3 nitrogen and oxygen atoms in total. The Kier molecular flexibility index (Phi) is 7.19. The van der Waals surface area contributed by atoms with Crippen LogP contribution in [0.25, 0.3) is 17.0 Å². The molecule has 0 amide bonds. The Bertz CT molecular complexity index is 1130. The minimum atomic E-state index is -0.436. The fourth-order valence-electron chi connectivity index (χ4n) is 3.23. The number of H-pyrrole nitrogens is 1. The third-order valence-electron chi connectivity index (χ3n) is 5.25. The van der Waals surface area contributed by atoms with Gasteiger partial charge in [-0.15, -0.1) is 6.58 Å². The van der Waals surface area contributed by atoms with E-state index in [9.17, 15) is 4.79 Å². The molecule has 1 atom stereocenters. The van der Waals surface area contributed by atoms with Crippen molar-refractivity contribution in [2.45, 2.75) is 33.6 Å². The summed E-state index contributed by atoms with van der Waals surface area (Å²) >= 11 is 6.01. The predicted octanol–water partition coefficient (Wildman–Crippen LogP) is 7.99. The first-order valence-corrected chi connectivity index (χ1v) is 10.7. The molecule has 0 saturated carbocycles. The molecular formula is C27H28ClNO2. The van der Waals surface area contributed by atoms with Gasteiger partial charge in [-0.25, -0.2) is 4.79 Å². The fourth-order valence-corrected chi connectivity index (χ4v) is 3.41. The minimum Gasteiger partial charge on any atom is -0.422 e. The van der Waals surface area contributed by atoms with Crippen molar-refractivity contribution >= 4 is 34.5 Å². The van der Waals surface area contributed by atoms with Crippen LogP contribution in [0.2, 0.25) is 5.02 Å². The number of hydrogen-bond acceptors (Lipinski definition) is 2. The van der Waals surface area contributed by atoms with Crippen LogP contribution in [0.5, 0.6) is 5.75 Å². The summed E-state index contributed by atoms with van der Waals surface area (Å²) in [6.45, 7) is 10.4. The molecule has 0 unspecified atom stereocenters. The number of benzene rings is 2. The number of hydrogen-bond donors (Lipinski definition) is 1. The Labute approximate surface area is 189 Å². The molecule has 4 heteroatoms. The number of nitrogens with one attached hydrogen (secondary N) is 1. The first kappa shape index (κ1) is 22.6. The summed E-state index contributed by atoms with van der Waals surface area (Å²) in [5.41, 5.74) is 3.52. The van der Waals surface area contributed by atoms with Gasteiger partial charge >= 0.3 is 5.97 Å². The van der Waals surface area contributed by atoms with E-state index in [-0.39, 0.29) is 5.41 Å². The van der Waals surface area contributed by atoms with Gasteiger partial charge in [-0.1, -0.05) is 60.5 Å². The van der Waals surface area contributed by atoms with Crippen LogP contribution >= 0.6 is 11.6 Å². The van der Waals surface area contributed by atoms with E-state index in [0.29, 0.717) is 16.5 Å². The molecular weight excluding hydrogens is 406 g/mol. The van der Waals surface area contributed by atoms with Crippen molar-refractivity contribution < 1.29 is 9.53 Å². The van der Waals surface area contributed by atoms with Gasteiger partial charge < -0.3 is 9.72 Å². The number of carbonyl (C=O) groups is 1. The van der Waals surface area contributed by atoms with Crippen LogP contribution in [0.1, 0.15) is 49.7 Å². The zero-order chi connectivity index (χ0) is 22.4. The molecule has 0 aliphatic rings. The second kappa shape index (κ2) is 9.84. The molecule has 3 rings (SSSR count). The summed E-state index contributed by atoms with van der Waals surface area (Å²) < 4.78 is 5.51. The number of esters is 1. The Morgan fingerprint density at radius 3 is 2.58 bits per heavy atom. The lowest BCUT2D eigenvalue weighted by Crippen LogP contribution is -2.09. The Balaban J connectivity index is 1.64. The molecule has 0 bridgehead atoms. The monoisotopic (exact) mass is 433 g/mol. The topological polar surface area (TPSA) is 42.1 Å². The molecule has 0 saturated heterocycles. The summed E-state index contributed by atoms with van der Waals surface area (Å²) in [4.78, 5) is 15.5. The van der Waals surface area contributed by atoms with E-state index < -0.39 is 5.97 Å². The first-order valence-electron chi connectivity index (χ1n) is 10.3. The average molecular weight is 434 g/mol. The van der Waals surface area contributed by atoms with E-state index in [4.69, 9.17) is 16.3 Å². The molecule has 0 aliphatic carbocycles. The molecule has 160 valence electrons. The molecule has 1 N–H and O–H groups in total. The number of halogens is 1. The van der Waals surface area contributed by atoms with Crippen molar-refractivity contribution in [2.75, 3.05) is 0 Å². The third-order valence-corrected chi connectivity index (χ3v) is 5.49. The molecule has 2 aromatic carbocycles. The maximum atomic E-state index is 12.5. The van der Waals surface area contributed by atoms with E-state index >= 15 is 0 Å². The molecule has 31 heavy (non-hydrogen) atoms. The largest absolute Gasteiger partial charge is 0.422 e. The second-order valence-corrected chi connectivity index (χ2v) is 8.67. The van der Waals surface area contributed by atoms with Gasteiger partial charge in [0.15, 0.2) is 0 Å². The Hall–Kier alpha value is -3.04. The number of allylic oxidation sites excluding steroid dienone is 4. The summed E-state index contributed by atoms with van der Waals surface area (Å²) in [6.07, 6.45) is 10.5. The van der Waals surface area contributed by atoms with Crippen molar-refractivity contribution in [2.24, 2.45) is 5.41 Å². The van der Waals surface area contributed by atoms with E-state index in [1.807, 2.05) is 30.3 Å². The number of carbonyl (C=O) groups excluding carboxylic acids is 1. The number of ether oxygens (including phenoxy) is 1. The number of aromatic nitrogens is 1. The van der Waals surface area contributed by atoms with Gasteiger partial charge in [0.1, 0.15) is 11.4 Å². The third kappa shape index (κ3) is 6.22. The zero-order valence-corrected chi connectivity index (χ0v) is 19.0. The maximum Gasteiger partial charge on any atom is 0.360 e. The highest BCUT2D eigenvalue weighted by atomic mass is 35.5. The molecule has 0 fully saturated rings. The van der Waals surface area contributed by atoms with Crippen molar-refractivity contribution in [3.63, 3.8) is 0 Å². The number of aromatic amines is 1. The number of fused-ring (bicyclic) bond motifs is 1. The lowest BCUT2D eigenvalue weighted by Gasteiger charge is -2.20. The molecule has 0 radical (unpaired) electrons. The summed E-state index contributed by atoms with van der Waals surface area (Å²) in [7, 11) is 0. The summed E-state index contributed by atoms with van der Waals surface area (Å²) in [6, 6.07) is 14.6. The molecule has 1 aromatic heterocycles. The minimum absolute atomic E-state index is 0.0738. The van der Waals surface area contributed by atoms with Gasteiger partial charge in [-0.3, -0.25) is 0 Å². The van der Waals surface area contributed by atoms with E-state index in [0.717, 1.165) is 29.3 Å². The van der Waals surface area contributed by atoms with Gasteiger partial charge in [-0.2, -0.15) is 0 Å². The Morgan fingerprint density at radius 2 is 1.90 bits per heavy atom. The summed E-state index contributed by atoms with van der Waals surface area (Å²) in [5.74, 6) is 0.0583. The van der Waals surface area contributed by atoms with Gasteiger partial charge in [0, 0.05) is 21.3 Å². The van der Waals surface area contributed by atoms with Crippen molar-refractivity contribution in [3.8, 4) is 5.75 Å². The molecule has 0 spiro atoms. The van der Waals surface area contributed by atoms with Crippen LogP contribution in [0, 0.1) is 5.41 Å². The second-order valence-electron chi connectivity index (χ2n) is 8.24. The summed E-state index contributed by atoms with van der Waals surface area (Å²) in [5, 5.41) is 1.49. The van der Waals surface area contributed by atoms with Crippen LogP contribution in [0.15, 0.2) is 78.9 Å². The Morgan fingerprint density at radius 1 is 1.16 bits per heavy atom. The average Bonchev–Trinajstić information content (AvgIpc) is 3.16. The standard InChI is InChI=1S/C27H28ClNO2/c1-5-27(4,15-6-7-19(2)3)16-14-20-8-11-23(12-9-20)31-26(30)25-18-21-17-22(28)10-13-24(21)29-25/h5,7-14,16-18,29H,1,6,15H2,2-4H3/b16-14+/t27-/m1/s1. The van der Waals surface area contributed by atoms with E-state index in [1.54, 1.807) is 24.3 Å². The fraction of sp³-hybridized carbons (Fsp3) is 0.222. The van der Waals surface area contributed by atoms with Crippen molar-refractivity contribution in [1.29, 1.82) is 0 Å². The van der Waals surface area contributed by atoms with E-state index in [2.05, 4.69) is 50.6 Å². The normalized spacial score (nSPS) is 13.2. The van der Waals surface area contributed by atoms with Crippen LogP contribution in [-0.2, 0) is 0 Å². The quantitative estimate of drug-likeness (QED) is 0.222.